The van der Waals surface area contributed by atoms with E-state index in [0.29, 0.717) is 6.54 Å². The van der Waals surface area contributed by atoms with Crippen LogP contribution in [0.2, 0.25) is 0 Å². The van der Waals surface area contributed by atoms with Crippen LogP contribution in [0.5, 0.6) is 0 Å². The van der Waals surface area contributed by atoms with Gasteiger partial charge in [-0.1, -0.05) is 24.3 Å². The molecular weight excluding hydrogens is 248 g/mol. The fourth-order valence-electron chi connectivity index (χ4n) is 2.57. The normalized spacial score (nSPS) is 16.4. The molecule has 0 radical (unpaired) electrons. The summed E-state index contributed by atoms with van der Waals surface area (Å²) in [5, 5.41) is 6.29. The Balaban J connectivity index is 1.79. The third-order valence-corrected chi connectivity index (χ3v) is 3.92. The first kappa shape index (κ1) is 12.7. The second kappa shape index (κ2) is 5.00. The van der Waals surface area contributed by atoms with Crippen molar-refractivity contribution in [1.29, 1.82) is 0 Å². The van der Waals surface area contributed by atoms with Gasteiger partial charge in [0.15, 0.2) is 0 Å². The number of rotatable bonds is 2. The highest BCUT2D eigenvalue weighted by Crippen LogP contribution is 2.31. The zero-order valence-corrected chi connectivity index (χ0v) is 11.7. The standard InChI is InChI=1S/C17H18N2O/c1-11-7-8-13(9-12(11)2)19-17(20)15-10-18-16-6-4-3-5-14(15)16/h3-9,15,18H,10H2,1-2H3,(H,19,20). The van der Waals surface area contributed by atoms with Gasteiger partial charge in [0.1, 0.15) is 0 Å². The first-order valence-corrected chi connectivity index (χ1v) is 6.86. The van der Waals surface area contributed by atoms with Crippen LogP contribution in [0.3, 0.4) is 0 Å². The van der Waals surface area contributed by atoms with Gasteiger partial charge >= 0.3 is 0 Å². The van der Waals surface area contributed by atoms with Crippen LogP contribution in [0.15, 0.2) is 42.5 Å². The average molecular weight is 266 g/mol. The number of anilines is 2. The Labute approximate surface area is 119 Å². The van der Waals surface area contributed by atoms with E-state index in [4.69, 9.17) is 0 Å². The first-order valence-electron chi connectivity index (χ1n) is 6.86. The third-order valence-electron chi connectivity index (χ3n) is 3.92. The lowest BCUT2D eigenvalue weighted by atomic mass is 10.0. The smallest absolute Gasteiger partial charge is 0.233 e. The molecule has 0 aliphatic carbocycles. The number of fused-ring (bicyclic) bond motifs is 1. The Kier molecular flexibility index (Phi) is 3.18. The van der Waals surface area contributed by atoms with E-state index in [0.717, 1.165) is 16.9 Å². The summed E-state index contributed by atoms with van der Waals surface area (Å²) in [6.07, 6.45) is 0. The average Bonchev–Trinajstić information content (AvgIpc) is 2.87. The molecule has 3 nitrogen and oxygen atoms in total. The molecular formula is C17H18N2O. The predicted molar refractivity (Wildman–Crippen MR) is 82.2 cm³/mol. The lowest BCUT2D eigenvalue weighted by Crippen LogP contribution is -2.22. The Hall–Kier alpha value is -2.29. The van der Waals surface area contributed by atoms with E-state index < -0.39 is 0 Å². The molecule has 0 saturated heterocycles. The number of aryl methyl sites for hydroxylation is 2. The van der Waals surface area contributed by atoms with Crippen molar-refractivity contribution in [2.24, 2.45) is 0 Å². The highest BCUT2D eigenvalue weighted by atomic mass is 16.1. The van der Waals surface area contributed by atoms with Gasteiger partial charge in [-0.2, -0.15) is 0 Å². The van der Waals surface area contributed by atoms with Crippen LogP contribution in [0.25, 0.3) is 0 Å². The number of hydrogen-bond acceptors (Lipinski definition) is 2. The zero-order valence-electron chi connectivity index (χ0n) is 11.7. The van der Waals surface area contributed by atoms with Crippen molar-refractivity contribution in [2.75, 3.05) is 17.2 Å². The van der Waals surface area contributed by atoms with Crippen LogP contribution in [0.4, 0.5) is 11.4 Å². The summed E-state index contributed by atoms with van der Waals surface area (Å²) in [6.45, 7) is 4.78. The van der Waals surface area contributed by atoms with Gasteiger partial charge in [0.25, 0.3) is 0 Å². The van der Waals surface area contributed by atoms with E-state index in [1.165, 1.54) is 11.1 Å². The van der Waals surface area contributed by atoms with Crippen molar-refractivity contribution < 1.29 is 4.79 Å². The molecule has 1 aliphatic rings. The molecule has 2 aromatic carbocycles. The number of nitrogens with one attached hydrogen (secondary N) is 2. The molecule has 1 heterocycles. The van der Waals surface area contributed by atoms with Gasteiger partial charge in [-0.05, 0) is 48.7 Å². The number of carbonyl (C=O) groups is 1. The third kappa shape index (κ3) is 2.27. The van der Waals surface area contributed by atoms with Crippen molar-refractivity contribution in [3.05, 3.63) is 59.2 Å². The quantitative estimate of drug-likeness (QED) is 0.874. The molecule has 20 heavy (non-hydrogen) atoms. The predicted octanol–water partition coefficient (Wildman–Crippen LogP) is 3.45. The molecule has 0 fully saturated rings. The minimum absolute atomic E-state index is 0.0469. The van der Waals surface area contributed by atoms with E-state index in [2.05, 4.69) is 24.5 Å². The summed E-state index contributed by atoms with van der Waals surface area (Å²) in [5.41, 5.74) is 5.42. The second-order valence-electron chi connectivity index (χ2n) is 5.31. The molecule has 3 rings (SSSR count). The number of benzene rings is 2. The van der Waals surface area contributed by atoms with Gasteiger partial charge < -0.3 is 10.6 Å². The maximum atomic E-state index is 12.4. The summed E-state index contributed by atoms with van der Waals surface area (Å²) in [7, 11) is 0. The molecule has 0 saturated carbocycles. The van der Waals surface area contributed by atoms with E-state index in [-0.39, 0.29) is 11.8 Å². The molecule has 1 atom stereocenters. The van der Waals surface area contributed by atoms with Crippen LogP contribution >= 0.6 is 0 Å². The summed E-state index contributed by atoms with van der Waals surface area (Å²) < 4.78 is 0. The van der Waals surface area contributed by atoms with Crippen LogP contribution in [-0.2, 0) is 4.79 Å². The minimum atomic E-state index is -0.118. The lowest BCUT2D eigenvalue weighted by molar-refractivity contribution is -0.117. The van der Waals surface area contributed by atoms with Crippen molar-refractivity contribution >= 4 is 17.3 Å². The highest BCUT2D eigenvalue weighted by molar-refractivity contribution is 5.98. The molecule has 2 aromatic rings. The van der Waals surface area contributed by atoms with Crippen molar-refractivity contribution in [1.82, 2.24) is 0 Å². The van der Waals surface area contributed by atoms with Gasteiger partial charge in [0.05, 0.1) is 5.92 Å². The largest absolute Gasteiger partial charge is 0.384 e. The van der Waals surface area contributed by atoms with E-state index >= 15 is 0 Å². The number of carbonyl (C=O) groups excluding carboxylic acids is 1. The van der Waals surface area contributed by atoms with Gasteiger partial charge in [-0.15, -0.1) is 0 Å². The fourth-order valence-corrected chi connectivity index (χ4v) is 2.57. The highest BCUT2D eigenvalue weighted by Gasteiger charge is 2.28. The van der Waals surface area contributed by atoms with E-state index in [1.807, 2.05) is 42.5 Å². The van der Waals surface area contributed by atoms with Gasteiger partial charge in [-0.25, -0.2) is 0 Å². The van der Waals surface area contributed by atoms with E-state index in [1.54, 1.807) is 0 Å². The van der Waals surface area contributed by atoms with Gasteiger partial charge in [0, 0.05) is 17.9 Å². The fraction of sp³-hybridized carbons (Fsp3) is 0.235. The monoisotopic (exact) mass is 266 g/mol. The number of hydrogen-bond donors (Lipinski definition) is 2. The summed E-state index contributed by atoms with van der Waals surface area (Å²) in [5.74, 6) is -0.0708. The Bertz CT molecular complexity index is 664. The maximum absolute atomic E-state index is 12.4. The van der Waals surface area contributed by atoms with Crippen LogP contribution < -0.4 is 10.6 Å². The second-order valence-corrected chi connectivity index (χ2v) is 5.31. The van der Waals surface area contributed by atoms with Crippen molar-refractivity contribution in [3.8, 4) is 0 Å². The molecule has 0 bridgehead atoms. The van der Waals surface area contributed by atoms with E-state index in [9.17, 15) is 4.79 Å². The summed E-state index contributed by atoms with van der Waals surface area (Å²) >= 11 is 0. The van der Waals surface area contributed by atoms with Crippen molar-refractivity contribution in [2.45, 2.75) is 19.8 Å². The molecule has 3 heteroatoms. The Morgan fingerprint density at radius 2 is 1.95 bits per heavy atom. The Morgan fingerprint density at radius 1 is 1.15 bits per heavy atom. The molecule has 1 unspecified atom stereocenters. The topological polar surface area (TPSA) is 41.1 Å². The van der Waals surface area contributed by atoms with Crippen molar-refractivity contribution in [3.63, 3.8) is 0 Å². The summed E-state index contributed by atoms with van der Waals surface area (Å²) in [4.78, 5) is 12.4. The lowest BCUT2D eigenvalue weighted by Gasteiger charge is -2.12. The molecule has 1 aliphatic heterocycles. The van der Waals surface area contributed by atoms with Crippen LogP contribution in [0, 0.1) is 13.8 Å². The van der Waals surface area contributed by atoms with Gasteiger partial charge in [-0.3, -0.25) is 4.79 Å². The Morgan fingerprint density at radius 3 is 2.75 bits per heavy atom. The molecule has 102 valence electrons. The SMILES string of the molecule is Cc1ccc(NC(=O)C2CNc3ccccc32)cc1C. The van der Waals surface area contributed by atoms with Crippen LogP contribution in [-0.4, -0.2) is 12.5 Å². The number of amides is 1. The number of para-hydroxylation sites is 1. The molecule has 1 amide bonds. The zero-order chi connectivity index (χ0) is 14.1. The minimum Gasteiger partial charge on any atom is -0.384 e. The molecule has 2 N–H and O–H groups in total. The molecule has 0 spiro atoms. The summed E-state index contributed by atoms with van der Waals surface area (Å²) in [6, 6.07) is 14.0. The van der Waals surface area contributed by atoms with Gasteiger partial charge in [0.2, 0.25) is 5.91 Å². The first-order chi connectivity index (χ1) is 9.65. The maximum Gasteiger partial charge on any atom is 0.233 e. The van der Waals surface area contributed by atoms with Crippen LogP contribution in [0.1, 0.15) is 22.6 Å². The molecule has 0 aromatic heterocycles.